The second kappa shape index (κ2) is 6.74. The van der Waals surface area contributed by atoms with Crippen LogP contribution < -0.4 is 10.1 Å². The van der Waals surface area contributed by atoms with Gasteiger partial charge in [0.1, 0.15) is 12.1 Å². The van der Waals surface area contributed by atoms with Crippen molar-refractivity contribution in [3.63, 3.8) is 0 Å². The first-order valence-electron chi connectivity index (χ1n) is 7.05. The SMILES string of the molecule is COc1ccc([N+](=O)[O-])cc1NC(=O)c1cccc(-n2cnnn2)c1. The number of amides is 1. The van der Waals surface area contributed by atoms with E-state index in [9.17, 15) is 14.9 Å². The highest BCUT2D eigenvalue weighted by Crippen LogP contribution is 2.29. The van der Waals surface area contributed by atoms with Crippen LogP contribution in [0.2, 0.25) is 0 Å². The van der Waals surface area contributed by atoms with Crippen molar-refractivity contribution in [1.29, 1.82) is 0 Å². The fraction of sp³-hybridized carbons (Fsp3) is 0.0667. The minimum atomic E-state index is -0.548. The van der Waals surface area contributed by atoms with Gasteiger partial charge in [0.15, 0.2) is 0 Å². The number of methoxy groups -OCH3 is 1. The first kappa shape index (κ1) is 16.1. The van der Waals surface area contributed by atoms with Crippen molar-refractivity contribution in [2.24, 2.45) is 0 Å². The van der Waals surface area contributed by atoms with Gasteiger partial charge < -0.3 is 10.1 Å². The van der Waals surface area contributed by atoms with Gasteiger partial charge in [0.05, 0.1) is 23.4 Å². The Morgan fingerprint density at radius 2 is 2.12 bits per heavy atom. The fourth-order valence-corrected chi connectivity index (χ4v) is 2.17. The number of anilines is 1. The average molecular weight is 340 g/mol. The van der Waals surface area contributed by atoms with E-state index in [2.05, 4.69) is 20.8 Å². The number of nitro benzene ring substituents is 1. The molecule has 1 amide bonds. The minimum Gasteiger partial charge on any atom is -0.495 e. The molecule has 1 N–H and O–H groups in total. The Kier molecular flexibility index (Phi) is 4.33. The molecule has 0 saturated carbocycles. The summed E-state index contributed by atoms with van der Waals surface area (Å²) in [6, 6.07) is 10.6. The van der Waals surface area contributed by atoms with Crippen LogP contribution in [0.5, 0.6) is 5.75 Å². The second-order valence-corrected chi connectivity index (χ2v) is 4.90. The van der Waals surface area contributed by atoms with Crippen LogP contribution in [-0.2, 0) is 0 Å². The molecule has 0 aliphatic rings. The third kappa shape index (κ3) is 3.42. The second-order valence-electron chi connectivity index (χ2n) is 4.90. The Labute approximate surface area is 141 Å². The van der Waals surface area contributed by atoms with Crippen LogP contribution in [0.1, 0.15) is 10.4 Å². The molecule has 126 valence electrons. The summed E-state index contributed by atoms with van der Waals surface area (Å²) >= 11 is 0. The van der Waals surface area contributed by atoms with Crippen LogP contribution in [0.4, 0.5) is 11.4 Å². The fourth-order valence-electron chi connectivity index (χ4n) is 2.17. The Balaban J connectivity index is 1.89. The van der Waals surface area contributed by atoms with Crippen LogP contribution in [0.3, 0.4) is 0 Å². The van der Waals surface area contributed by atoms with E-state index in [0.717, 1.165) is 0 Å². The van der Waals surface area contributed by atoms with Gasteiger partial charge in [-0.15, -0.1) is 5.10 Å². The predicted octanol–water partition coefficient (Wildman–Crippen LogP) is 1.83. The third-order valence-electron chi connectivity index (χ3n) is 3.36. The molecule has 1 heterocycles. The number of benzene rings is 2. The van der Waals surface area contributed by atoms with Gasteiger partial charge in [-0.3, -0.25) is 14.9 Å². The maximum atomic E-state index is 12.5. The third-order valence-corrected chi connectivity index (χ3v) is 3.36. The van der Waals surface area contributed by atoms with E-state index in [0.29, 0.717) is 17.0 Å². The van der Waals surface area contributed by atoms with E-state index in [1.54, 1.807) is 24.3 Å². The molecule has 0 bridgehead atoms. The van der Waals surface area contributed by atoms with Crippen LogP contribution in [0.25, 0.3) is 5.69 Å². The summed E-state index contributed by atoms with van der Waals surface area (Å²) in [5.74, 6) is -0.135. The molecule has 0 aliphatic carbocycles. The normalized spacial score (nSPS) is 10.3. The number of ether oxygens (including phenoxy) is 1. The van der Waals surface area contributed by atoms with Gasteiger partial charge in [0.25, 0.3) is 11.6 Å². The summed E-state index contributed by atoms with van der Waals surface area (Å²) in [7, 11) is 1.41. The first-order valence-corrected chi connectivity index (χ1v) is 7.05. The standard InChI is InChI=1S/C15H12N6O4/c1-25-14-6-5-12(21(23)24)8-13(14)17-15(22)10-3-2-4-11(7-10)20-9-16-18-19-20/h2-9H,1H3,(H,17,22). The summed E-state index contributed by atoms with van der Waals surface area (Å²) in [4.78, 5) is 22.9. The van der Waals surface area contributed by atoms with Gasteiger partial charge in [-0.2, -0.15) is 0 Å². The zero-order valence-electron chi connectivity index (χ0n) is 13.0. The molecule has 0 radical (unpaired) electrons. The molecule has 0 saturated heterocycles. The number of rotatable bonds is 5. The van der Waals surface area contributed by atoms with Crippen molar-refractivity contribution in [1.82, 2.24) is 20.2 Å². The smallest absolute Gasteiger partial charge is 0.271 e. The lowest BCUT2D eigenvalue weighted by Crippen LogP contribution is -2.13. The maximum absolute atomic E-state index is 12.5. The summed E-state index contributed by atoms with van der Waals surface area (Å²) in [6.45, 7) is 0. The molecule has 0 aliphatic heterocycles. The number of tetrazole rings is 1. The molecule has 1 aromatic heterocycles. The largest absolute Gasteiger partial charge is 0.495 e. The number of nitrogens with zero attached hydrogens (tertiary/aromatic N) is 5. The number of carbonyl (C=O) groups excluding carboxylic acids is 1. The number of aromatic nitrogens is 4. The first-order chi connectivity index (χ1) is 12.1. The van der Waals surface area contributed by atoms with E-state index < -0.39 is 10.8 Å². The summed E-state index contributed by atoms with van der Waals surface area (Å²) in [5, 5.41) is 24.4. The van der Waals surface area contributed by atoms with Crippen LogP contribution in [0.15, 0.2) is 48.8 Å². The lowest BCUT2D eigenvalue weighted by atomic mass is 10.1. The van der Waals surface area contributed by atoms with Gasteiger partial charge in [-0.05, 0) is 34.7 Å². The van der Waals surface area contributed by atoms with Gasteiger partial charge >= 0.3 is 0 Å². The summed E-state index contributed by atoms with van der Waals surface area (Å²) < 4.78 is 6.54. The van der Waals surface area contributed by atoms with Crippen molar-refractivity contribution >= 4 is 17.3 Å². The topological polar surface area (TPSA) is 125 Å². The number of hydrogen-bond acceptors (Lipinski definition) is 7. The lowest BCUT2D eigenvalue weighted by molar-refractivity contribution is -0.384. The van der Waals surface area contributed by atoms with Gasteiger partial charge in [0.2, 0.25) is 0 Å². The van der Waals surface area contributed by atoms with E-state index in [4.69, 9.17) is 4.74 Å². The molecular weight excluding hydrogens is 328 g/mol. The Hall–Kier alpha value is -3.82. The van der Waals surface area contributed by atoms with E-state index >= 15 is 0 Å². The molecule has 3 aromatic rings. The molecule has 10 nitrogen and oxygen atoms in total. The highest BCUT2D eigenvalue weighted by Gasteiger charge is 2.15. The number of nitrogens with one attached hydrogen (secondary N) is 1. The predicted molar refractivity (Wildman–Crippen MR) is 86.8 cm³/mol. The molecule has 10 heteroatoms. The van der Waals surface area contributed by atoms with Crippen LogP contribution in [0, 0.1) is 10.1 Å². The molecule has 0 unspecified atom stereocenters. The number of non-ortho nitro benzene ring substituents is 1. The van der Waals surface area contributed by atoms with E-state index in [1.807, 2.05) is 0 Å². The van der Waals surface area contributed by atoms with Gasteiger partial charge in [0, 0.05) is 17.7 Å². The van der Waals surface area contributed by atoms with E-state index in [1.165, 1.54) is 36.3 Å². The summed E-state index contributed by atoms with van der Waals surface area (Å²) in [6.07, 6.45) is 1.40. The van der Waals surface area contributed by atoms with Gasteiger partial charge in [-0.1, -0.05) is 6.07 Å². The van der Waals surface area contributed by atoms with Crippen LogP contribution in [-0.4, -0.2) is 38.1 Å². The number of nitro groups is 1. The number of hydrogen-bond donors (Lipinski definition) is 1. The Morgan fingerprint density at radius 3 is 2.80 bits per heavy atom. The highest BCUT2D eigenvalue weighted by molar-refractivity contribution is 6.05. The molecule has 2 aromatic carbocycles. The Bertz CT molecular complexity index is 926. The van der Waals surface area contributed by atoms with Crippen LogP contribution >= 0.6 is 0 Å². The number of carbonyl (C=O) groups is 1. The van der Waals surface area contributed by atoms with Crippen molar-refractivity contribution in [2.45, 2.75) is 0 Å². The molecular formula is C15H12N6O4. The quantitative estimate of drug-likeness (QED) is 0.555. The molecule has 0 fully saturated rings. The van der Waals surface area contributed by atoms with Crippen molar-refractivity contribution in [3.8, 4) is 11.4 Å². The maximum Gasteiger partial charge on any atom is 0.271 e. The van der Waals surface area contributed by atoms with Gasteiger partial charge in [-0.25, -0.2) is 4.68 Å². The lowest BCUT2D eigenvalue weighted by Gasteiger charge is -2.10. The molecule has 3 rings (SSSR count). The Morgan fingerprint density at radius 1 is 1.28 bits per heavy atom. The van der Waals surface area contributed by atoms with Crippen molar-refractivity contribution in [3.05, 3.63) is 64.5 Å². The molecule has 25 heavy (non-hydrogen) atoms. The molecule has 0 spiro atoms. The van der Waals surface area contributed by atoms with E-state index in [-0.39, 0.29) is 11.4 Å². The highest BCUT2D eigenvalue weighted by atomic mass is 16.6. The monoisotopic (exact) mass is 340 g/mol. The average Bonchev–Trinajstić information content (AvgIpc) is 3.16. The zero-order valence-corrected chi connectivity index (χ0v) is 13.0. The van der Waals surface area contributed by atoms with Crippen molar-refractivity contribution in [2.75, 3.05) is 12.4 Å². The van der Waals surface area contributed by atoms with Crippen molar-refractivity contribution < 1.29 is 14.5 Å². The summed E-state index contributed by atoms with van der Waals surface area (Å²) in [5.41, 5.74) is 0.985. The minimum absolute atomic E-state index is 0.154. The zero-order chi connectivity index (χ0) is 17.8. The molecule has 0 atom stereocenters.